The van der Waals surface area contributed by atoms with Crippen LogP contribution in [0.2, 0.25) is 0 Å². The number of halogens is 1. The van der Waals surface area contributed by atoms with Gasteiger partial charge in [-0.15, -0.1) is 0 Å². The van der Waals surface area contributed by atoms with E-state index in [1.807, 2.05) is 19.1 Å². The normalized spacial score (nSPS) is 11.2. The zero-order valence-corrected chi connectivity index (χ0v) is 13.9. The second-order valence-electron chi connectivity index (χ2n) is 6.47. The van der Waals surface area contributed by atoms with Gasteiger partial charge in [0.05, 0.1) is 0 Å². The van der Waals surface area contributed by atoms with Crippen LogP contribution in [0.3, 0.4) is 0 Å². The van der Waals surface area contributed by atoms with Gasteiger partial charge in [0.15, 0.2) is 6.61 Å². The molecular formula is C19H21FO3. The van der Waals surface area contributed by atoms with Crippen molar-refractivity contribution in [3.63, 3.8) is 0 Å². The van der Waals surface area contributed by atoms with Crippen molar-refractivity contribution in [2.24, 2.45) is 0 Å². The fourth-order valence-corrected chi connectivity index (χ4v) is 2.16. The molecule has 0 aliphatic rings. The van der Waals surface area contributed by atoms with Gasteiger partial charge in [-0.05, 0) is 48.2 Å². The van der Waals surface area contributed by atoms with Crippen molar-refractivity contribution in [1.82, 2.24) is 0 Å². The van der Waals surface area contributed by atoms with Gasteiger partial charge < -0.3 is 9.47 Å². The molecule has 0 aromatic heterocycles. The lowest BCUT2D eigenvalue weighted by molar-refractivity contribution is -0.136. The van der Waals surface area contributed by atoms with Gasteiger partial charge in [0.1, 0.15) is 17.3 Å². The second-order valence-corrected chi connectivity index (χ2v) is 6.47. The first-order chi connectivity index (χ1) is 10.8. The molecule has 0 N–H and O–H groups in total. The fraction of sp³-hybridized carbons (Fsp3) is 0.316. The highest BCUT2D eigenvalue weighted by atomic mass is 19.1. The second kappa shape index (κ2) is 6.82. The van der Waals surface area contributed by atoms with Gasteiger partial charge in [-0.1, -0.05) is 38.5 Å². The summed E-state index contributed by atoms with van der Waals surface area (Å²) in [7, 11) is 0. The van der Waals surface area contributed by atoms with E-state index in [1.165, 1.54) is 24.3 Å². The van der Waals surface area contributed by atoms with Gasteiger partial charge in [0.25, 0.3) is 0 Å². The van der Waals surface area contributed by atoms with Crippen LogP contribution in [0.15, 0.2) is 42.5 Å². The summed E-state index contributed by atoms with van der Waals surface area (Å²) < 4.78 is 23.6. The molecule has 0 saturated heterocycles. The Balaban J connectivity index is 2.03. The maximum atomic E-state index is 12.8. The van der Waals surface area contributed by atoms with Gasteiger partial charge in [0, 0.05) is 0 Å². The molecule has 0 amide bonds. The number of rotatable bonds is 4. The van der Waals surface area contributed by atoms with Gasteiger partial charge in [0.2, 0.25) is 0 Å². The summed E-state index contributed by atoms with van der Waals surface area (Å²) in [6.45, 7) is 8.08. The van der Waals surface area contributed by atoms with E-state index in [0.717, 1.165) is 11.1 Å². The average Bonchev–Trinajstić information content (AvgIpc) is 2.47. The van der Waals surface area contributed by atoms with Crippen LogP contribution in [0, 0.1) is 12.7 Å². The van der Waals surface area contributed by atoms with Crippen LogP contribution in [0.5, 0.6) is 11.5 Å². The molecule has 0 bridgehead atoms. The molecule has 0 atom stereocenters. The predicted molar refractivity (Wildman–Crippen MR) is 87.4 cm³/mol. The summed E-state index contributed by atoms with van der Waals surface area (Å²) in [4.78, 5) is 11.9. The molecule has 3 nitrogen and oxygen atoms in total. The zero-order valence-electron chi connectivity index (χ0n) is 13.9. The van der Waals surface area contributed by atoms with Gasteiger partial charge in [-0.3, -0.25) is 0 Å². The highest BCUT2D eigenvalue weighted by Gasteiger charge is 2.20. The van der Waals surface area contributed by atoms with Crippen LogP contribution in [0.4, 0.5) is 4.39 Å². The number of aryl methyl sites for hydroxylation is 1. The standard InChI is InChI=1S/C19H21FO3/c1-13-5-10-17(16(11-13)19(2,3)4)22-12-18(21)23-15-8-6-14(20)7-9-15/h5-11H,12H2,1-4H3. The van der Waals surface area contributed by atoms with E-state index in [1.54, 1.807) is 0 Å². The quantitative estimate of drug-likeness (QED) is 0.619. The van der Waals surface area contributed by atoms with Crippen LogP contribution in [-0.2, 0) is 10.2 Å². The molecule has 0 spiro atoms. The first kappa shape index (κ1) is 17.0. The number of esters is 1. The van der Waals surface area contributed by atoms with Crippen LogP contribution in [-0.4, -0.2) is 12.6 Å². The third-order valence-corrected chi connectivity index (χ3v) is 3.33. The molecule has 0 fully saturated rings. The van der Waals surface area contributed by atoms with E-state index in [2.05, 4.69) is 26.8 Å². The monoisotopic (exact) mass is 316 g/mol. The van der Waals surface area contributed by atoms with Crippen LogP contribution in [0.1, 0.15) is 31.9 Å². The maximum Gasteiger partial charge on any atom is 0.349 e. The van der Waals surface area contributed by atoms with Crippen LogP contribution in [0.25, 0.3) is 0 Å². The Labute approximate surface area is 136 Å². The lowest BCUT2D eigenvalue weighted by Gasteiger charge is -2.23. The smallest absolute Gasteiger partial charge is 0.349 e. The minimum atomic E-state index is -0.531. The fourth-order valence-electron chi connectivity index (χ4n) is 2.16. The first-order valence-electron chi connectivity index (χ1n) is 7.46. The van der Waals surface area contributed by atoms with Crippen molar-refractivity contribution < 1.29 is 18.7 Å². The van der Waals surface area contributed by atoms with Crippen molar-refractivity contribution >= 4 is 5.97 Å². The van der Waals surface area contributed by atoms with Crippen molar-refractivity contribution in [1.29, 1.82) is 0 Å². The molecule has 122 valence electrons. The minimum Gasteiger partial charge on any atom is -0.482 e. The molecule has 2 aromatic carbocycles. The summed E-state index contributed by atoms with van der Waals surface area (Å²) in [6, 6.07) is 11.1. The number of ether oxygens (including phenoxy) is 2. The molecule has 2 aromatic rings. The molecule has 2 rings (SSSR count). The van der Waals surface area contributed by atoms with Crippen molar-refractivity contribution in [2.75, 3.05) is 6.61 Å². The van der Waals surface area contributed by atoms with Gasteiger partial charge in [-0.25, -0.2) is 9.18 Å². The Bertz CT molecular complexity index is 685. The molecule has 0 aliphatic carbocycles. The average molecular weight is 316 g/mol. The molecule has 0 aliphatic heterocycles. The summed E-state index contributed by atoms with van der Waals surface area (Å²) in [5, 5.41) is 0. The Morgan fingerprint density at radius 3 is 2.35 bits per heavy atom. The van der Waals surface area contributed by atoms with E-state index >= 15 is 0 Å². The third-order valence-electron chi connectivity index (χ3n) is 3.33. The largest absolute Gasteiger partial charge is 0.482 e. The number of carbonyl (C=O) groups excluding carboxylic acids is 1. The summed E-state index contributed by atoms with van der Waals surface area (Å²) >= 11 is 0. The number of hydrogen-bond acceptors (Lipinski definition) is 3. The molecule has 0 saturated carbocycles. The molecule has 23 heavy (non-hydrogen) atoms. The maximum absolute atomic E-state index is 12.8. The number of carbonyl (C=O) groups is 1. The predicted octanol–water partition coefficient (Wildman–Crippen LogP) is 4.42. The summed E-state index contributed by atoms with van der Waals surface area (Å²) in [5.41, 5.74) is 2.07. The summed E-state index contributed by atoms with van der Waals surface area (Å²) in [6.07, 6.45) is 0. The first-order valence-corrected chi connectivity index (χ1v) is 7.46. The van der Waals surface area contributed by atoms with Crippen molar-refractivity contribution in [3.8, 4) is 11.5 Å². The number of hydrogen-bond donors (Lipinski definition) is 0. The Morgan fingerprint density at radius 1 is 1.09 bits per heavy atom. The van der Waals surface area contributed by atoms with E-state index < -0.39 is 5.97 Å². The van der Waals surface area contributed by atoms with Crippen LogP contribution >= 0.6 is 0 Å². The van der Waals surface area contributed by atoms with Gasteiger partial charge in [-0.2, -0.15) is 0 Å². The van der Waals surface area contributed by atoms with E-state index in [0.29, 0.717) is 11.5 Å². The minimum absolute atomic E-state index is 0.0950. The molecule has 4 heteroatoms. The molecule has 0 unspecified atom stereocenters. The van der Waals surface area contributed by atoms with Gasteiger partial charge >= 0.3 is 5.97 Å². The zero-order chi connectivity index (χ0) is 17.0. The van der Waals surface area contributed by atoms with Crippen LogP contribution < -0.4 is 9.47 Å². The molecule has 0 radical (unpaired) electrons. The lowest BCUT2D eigenvalue weighted by Crippen LogP contribution is -2.20. The SMILES string of the molecule is Cc1ccc(OCC(=O)Oc2ccc(F)cc2)c(C(C)(C)C)c1. The third kappa shape index (κ3) is 4.81. The van der Waals surface area contributed by atoms with E-state index in [-0.39, 0.29) is 17.8 Å². The lowest BCUT2D eigenvalue weighted by atomic mass is 9.85. The van der Waals surface area contributed by atoms with E-state index in [9.17, 15) is 9.18 Å². The van der Waals surface area contributed by atoms with Crippen molar-refractivity contribution in [3.05, 3.63) is 59.4 Å². The Hall–Kier alpha value is -2.36. The number of benzene rings is 2. The topological polar surface area (TPSA) is 35.5 Å². The Kier molecular flexibility index (Phi) is 5.04. The highest BCUT2D eigenvalue weighted by Crippen LogP contribution is 2.32. The molecular weight excluding hydrogens is 295 g/mol. The molecule has 0 heterocycles. The summed E-state index contributed by atoms with van der Waals surface area (Å²) in [5.74, 6) is 0.0478. The van der Waals surface area contributed by atoms with E-state index in [4.69, 9.17) is 9.47 Å². The van der Waals surface area contributed by atoms with Crippen molar-refractivity contribution in [2.45, 2.75) is 33.1 Å². The Morgan fingerprint density at radius 2 is 1.74 bits per heavy atom. The highest BCUT2D eigenvalue weighted by molar-refractivity contribution is 5.74.